The van der Waals surface area contributed by atoms with Gasteiger partial charge in [-0.1, -0.05) is 12.1 Å². The van der Waals surface area contributed by atoms with Crippen LogP contribution >= 0.6 is 0 Å². The number of hydrogen-bond acceptors (Lipinski definition) is 3. The summed E-state index contributed by atoms with van der Waals surface area (Å²) in [6.07, 6.45) is 4.01. The zero-order valence-electron chi connectivity index (χ0n) is 13.6. The number of nitrogens with one attached hydrogen (secondary N) is 2. The Labute approximate surface area is 142 Å². The quantitative estimate of drug-likeness (QED) is 0.510. The van der Waals surface area contributed by atoms with Gasteiger partial charge in [-0.2, -0.15) is 0 Å². The minimum atomic E-state index is -3.70. The van der Waals surface area contributed by atoms with Gasteiger partial charge in [0.25, 0.3) is 0 Å². The lowest BCUT2D eigenvalue weighted by Gasteiger charge is -2.12. The van der Waals surface area contributed by atoms with Crippen LogP contribution in [0.15, 0.2) is 58.7 Å². The second-order valence-electron chi connectivity index (χ2n) is 5.24. The van der Waals surface area contributed by atoms with Gasteiger partial charge in [0.15, 0.2) is 5.96 Å². The summed E-state index contributed by atoms with van der Waals surface area (Å²) in [5.74, 6) is 0.686. The first-order valence-electron chi connectivity index (χ1n) is 7.73. The van der Waals surface area contributed by atoms with Crippen LogP contribution < -0.4 is 15.8 Å². The van der Waals surface area contributed by atoms with Gasteiger partial charge in [-0.15, -0.1) is 0 Å². The summed E-state index contributed by atoms with van der Waals surface area (Å²) in [6, 6.07) is 10.5. The molecule has 0 saturated heterocycles. The highest BCUT2D eigenvalue weighted by Crippen LogP contribution is 2.10. The first-order chi connectivity index (χ1) is 11.5. The van der Waals surface area contributed by atoms with Crippen molar-refractivity contribution in [3.8, 4) is 0 Å². The predicted molar refractivity (Wildman–Crippen MR) is 95.1 cm³/mol. The molecule has 2 rings (SSSR count). The van der Waals surface area contributed by atoms with E-state index in [1.54, 1.807) is 12.1 Å². The first-order valence-corrected chi connectivity index (χ1v) is 9.28. The van der Waals surface area contributed by atoms with Gasteiger partial charge in [0.1, 0.15) is 0 Å². The van der Waals surface area contributed by atoms with Crippen molar-refractivity contribution in [1.82, 2.24) is 15.2 Å². The number of benzene rings is 1. The average Bonchev–Trinajstić information content (AvgIpc) is 3.05. The lowest BCUT2D eigenvalue weighted by atomic mass is 10.2. The van der Waals surface area contributed by atoms with Crippen LogP contribution in [-0.2, 0) is 23.1 Å². The lowest BCUT2D eigenvalue weighted by molar-refractivity contribution is 0.597. The van der Waals surface area contributed by atoms with Gasteiger partial charge in [-0.3, -0.25) is 0 Å². The van der Waals surface area contributed by atoms with Gasteiger partial charge in [-0.25, -0.2) is 18.5 Å². The molecule has 0 unspecified atom stereocenters. The summed E-state index contributed by atoms with van der Waals surface area (Å²) in [4.78, 5) is 4.57. The highest BCUT2D eigenvalue weighted by Gasteiger charge is 2.07. The van der Waals surface area contributed by atoms with Crippen molar-refractivity contribution in [1.29, 1.82) is 0 Å². The van der Waals surface area contributed by atoms with Crippen LogP contribution in [0.1, 0.15) is 12.5 Å². The standard InChI is InChI=1S/C16H23N5O2S/c1-2-18-16(19-8-11-21-9-3-4-10-21)20-13-14-6-5-7-15(12-14)24(17,22)23/h3-7,9-10,12H,2,8,11,13H2,1H3,(H2,17,22,23)(H2,18,19,20). The van der Waals surface area contributed by atoms with Gasteiger partial charge in [0, 0.05) is 32.0 Å². The number of guanidine groups is 1. The van der Waals surface area contributed by atoms with Crippen molar-refractivity contribution in [2.45, 2.75) is 24.9 Å². The van der Waals surface area contributed by atoms with E-state index in [0.717, 1.165) is 25.2 Å². The number of aromatic nitrogens is 1. The van der Waals surface area contributed by atoms with E-state index in [1.807, 2.05) is 37.5 Å². The summed E-state index contributed by atoms with van der Waals surface area (Å²) < 4.78 is 24.9. The molecule has 24 heavy (non-hydrogen) atoms. The molecule has 4 N–H and O–H groups in total. The Bertz CT molecular complexity index is 770. The molecule has 1 heterocycles. The van der Waals surface area contributed by atoms with Crippen molar-refractivity contribution in [2.24, 2.45) is 10.1 Å². The molecule has 130 valence electrons. The smallest absolute Gasteiger partial charge is 0.238 e. The maximum absolute atomic E-state index is 11.4. The van der Waals surface area contributed by atoms with Crippen LogP contribution in [0.25, 0.3) is 0 Å². The molecule has 2 aromatic rings. The molecule has 0 atom stereocenters. The molecule has 0 radical (unpaired) electrons. The van der Waals surface area contributed by atoms with E-state index in [9.17, 15) is 8.42 Å². The number of nitrogens with two attached hydrogens (primary N) is 1. The molecular weight excluding hydrogens is 326 g/mol. The van der Waals surface area contributed by atoms with E-state index in [0.29, 0.717) is 12.5 Å². The Morgan fingerprint density at radius 1 is 1.21 bits per heavy atom. The molecule has 0 aliphatic carbocycles. The van der Waals surface area contributed by atoms with Crippen molar-refractivity contribution < 1.29 is 8.42 Å². The molecule has 0 spiro atoms. The molecule has 0 amide bonds. The van der Waals surface area contributed by atoms with Crippen LogP contribution in [0.2, 0.25) is 0 Å². The van der Waals surface area contributed by atoms with E-state index in [4.69, 9.17) is 5.14 Å². The summed E-state index contributed by atoms with van der Waals surface area (Å²) in [5, 5.41) is 11.6. The Balaban J connectivity index is 1.97. The van der Waals surface area contributed by atoms with Crippen molar-refractivity contribution in [3.63, 3.8) is 0 Å². The topological polar surface area (TPSA) is 102 Å². The average molecular weight is 349 g/mol. The van der Waals surface area contributed by atoms with Gasteiger partial charge in [-0.05, 0) is 36.8 Å². The normalized spacial score (nSPS) is 12.2. The summed E-state index contributed by atoms with van der Waals surface area (Å²) in [6.45, 7) is 4.66. The molecular formula is C16H23N5O2S. The zero-order valence-corrected chi connectivity index (χ0v) is 14.5. The Hall–Kier alpha value is -2.32. The van der Waals surface area contributed by atoms with E-state index in [1.165, 1.54) is 6.07 Å². The Kier molecular flexibility index (Phi) is 6.39. The molecule has 1 aromatic carbocycles. The van der Waals surface area contributed by atoms with Crippen LogP contribution in [0.3, 0.4) is 0 Å². The van der Waals surface area contributed by atoms with E-state index >= 15 is 0 Å². The zero-order chi connectivity index (χ0) is 17.4. The third-order valence-electron chi connectivity index (χ3n) is 3.32. The second-order valence-corrected chi connectivity index (χ2v) is 6.80. The maximum Gasteiger partial charge on any atom is 0.238 e. The molecule has 0 bridgehead atoms. The second kappa shape index (κ2) is 8.51. The van der Waals surface area contributed by atoms with Crippen LogP contribution in [0.4, 0.5) is 0 Å². The lowest BCUT2D eigenvalue weighted by Crippen LogP contribution is -2.38. The van der Waals surface area contributed by atoms with Crippen LogP contribution in [-0.4, -0.2) is 32.0 Å². The monoisotopic (exact) mass is 349 g/mol. The minimum absolute atomic E-state index is 0.0979. The first kappa shape index (κ1) is 18.0. The van der Waals surface area contributed by atoms with Gasteiger partial charge < -0.3 is 15.2 Å². The minimum Gasteiger partial charge on any atom is -0.357 e. The summed E-state index contributed by atoms with van der Waals surface area (Å²) in [5.41, 5.74) is 0.782. The Morgan fingerprint density at radius 3 is 2.62 bits per heavy atom. The highest BCUT2D eigenvalue weighted by molar-refractivity contribution is 7.89. The molecule has 0 fully saturated rings. The summed E-state index contributed by atoms with van der Waals surface area (Å²) >= 11 is 0. The highest BCUT2D eigenvalue weighted by atomic mass is 32.2. The molecule has 0 saturated carbocycles. The molecule has 0 aliphatic rings. The largest absolute Gasteiger partial charge is 0.357 e. The number of aliphatic imine (C=N–C) groups is 1. The molecule has 0 aliphatic heterocycles. The fourth-order valence-corrected chi connectivity index (χ4v) is 2.74. The van der Waals surface area contributed by atoms with Gasteiger partial charge in [0.05, 0.1) is 11.4 Å². The number of primary sulfonamides is 1. The fourth-order valence-electron chi connectivity index (χ4n) is 2.16. The third kappa shape index (κ3) is 5.71. The van der Waals surface area contributed by atoms with Crippen molar-refractivity contribution in [3.05, 3.63) is 54.4 Å². The van der Waals surface area contributed by atoms with Gasteiger partial charge in [0.2, 0.25) is 10.0 Å². The number of sulfonamides is 1. The van der Waals surface area contributed by atoms with Crippen LogP contribution in [0.5, 0.6) is 0 Å². The van der Waals surface area contributed by atoms with E-state index in [2.05, 4.69) is 20.2 Å². The number of nitrogens with zero attached hydrogens (tertiary/aromatic N) is 2. The van der Waals surface area contributed by atoms with Crippen LogP contribution in [0, 0.1) is 0 Å². The third-order valence-corrected chi connectivity index (χ3v) is 4.23. The SMILES string of the molecule is CCNC(=NCc1cccc(S(N)(=O)=O)c1)NCCn1cccc1. The van der Waals surface area contributed by atoms with Gasteiger partial charge >= 0.3 is 0 Å². The van der Waals surface area contributed by atoms with E-state index < -0.39 is 10.0 Å². The predicted octanol–water partition coefficient (Wildman–Crippen LogP) is 0.891. The Morgan fingerprint density at radius 2 is 1.96 bits per heavy atom. The maximum atomic E-state index is 11.4. The molecule has 8 heteroatoms. The molecule has 1 aromatic heterocycles. The molecule has 7 nitrogen and oxygen atoms in total. The fraction of sp³-hybridized carbons (Fsp3) is 0.312. The summed E-state index contributed by atoms with van der Waals surface area (Å²) in [7, 11) is -3.70. The van der Waals surface area contributed by atoms with Crippen molar-refractivity contribution >= 4 is 16.0 Å². The number of rotatable bonds is 7. The van der Waals surface area contributed by atoms with E-state index in [-0.39, 0.29) is 4.90 Å². The van der Waals surface area contributed by atoms with Crippen molar-refractivity contribution in [2.75, 3.05) is 13.1 Å². The number of hydrogen-bond donors (Lipinski definition) is 3.